The van der Waals surface area contributed by atoms with Crippen molar-refractivity contribution in [2.75, 3.05) is 0 Å². The lowest BCUT2D eigenvalue weighted by atomic mass is 10.1. The van der Waals surface area contributed by atoms with Gasteiger partial charge in [0.1, 0.15) is 0 Å². The molecule has 0 radical (unpaired) electrons. The first-order valence-corrected chi connectivity index (χ1v) is 3.82. The van der Waals surface area contributed by atoms with Gasteiger partial charge in [0.15, 0.2) is 5.79 Å². The third-order valence-electron chi connectivity index (χ3n) is 1.50. The van der Waals surface area contributed by atoms with E-state index in [4.69, 9.17) is 0 Å². The molecular weight excluding hydrogens is 152 g/mol. The third kappa shape index (κ3) is 3.25. The van der Waals surface area contributed by atoms with Crippen LogP contribution in [0, 0.1) is 23.7 Å². The average molecular weight is 162 g/mol. The highest BCUT2D eigenvalue weighted by Gasteiger charge is 2.17. The van der Waals surface area contributed by atoms with Gasteiger partial charge >= 0.3 is 0 Å². The summed E-state index contributed by atoms with van der Waals surface area (Å²) in [6.07, 6.45) is 4.34. The Kier molecular flexibility index (Phi) is 2.94. The van der Waals surface area contributed by atoms with Crippen molar-refractivity contribution in [3.8, 4) is 23.7 Å². The molecule has 2 nitrogen and oxygen atoms in total. The Labute approximate surface area is 71.9 Å². The van der Waals surface area contributed by atoms with Gasteiger partial charge in [0.25, 0.3) is 0 Å². The van der Waals surface area contributed by atoms with Gasteiger partial charge in [0, 0.05) is 12.8 Å². The zero-order chi connectivity index (χ0) is 8.86. The van der Waals surface area contributed by atoms with Crippen LogP contribution in [0.4, 0.5) is 0 Å². The molecule has 0 spiro atoms. The predicted molar refractivity (Wildman–Crippen MR) is 45.7 cm³/mol. The number of aliphatic hydroxyl groups is 2. The van der Waals surface area contributed by atoms with E-state index in [9.17, 15) is 10.2 Å². The fourth-order valence-corrected chi connectivity index (χ4v) is 0.880. The molecule has 0 saturated carbocycles. The highest BCUT2D eigenvalue weighted by molar-refractivity contribution is 5.31. The summed E-state index contributed by atoms with van der Waals surface area (Å²) in [6, 6.07) is 0. The Bertz CT molecular complexity index is 291. The highest BCUT2D eigenvalue weighted by atomic mass is 16.5. The molecule has 1 aliphatic rings. The van der Waals surface area contributed by atoms with E-state index in [1.54, 1.807) is 0 Å². The van der Waals surface area contributed by atoms with Crippen molar-refractivity contribution < 1.29 is 10.2 Å². The monoisotopic (exact) mass is 162 g/mol. The van der Waals surface area contributed by atoms with Gasteiger partial charge in [-0.15, -0.1) is 0 Å². The first-order chi connectivity index (χ1) is 5.71. The standard InChI is InChI=1S/C10H10O2/c11-10(12)8-6-4-2-1-3-5-7-9-10/h7,9,11-12H,4,6,8H2. The Balaban J connectivity index is 2.72. The topological polar surface area (TPSA) is 40.5 Å². The SMILES string of the molecule is OC1(O)C=CC#CC#CCCC1. The predicted octanol–water partition coefficient (Wildman–Crippen LogP) is 0.414. The molecule has 1 rings (SSSR count). The van der Waals surface area contributed by atoms with Gasteiger partial charge in [0.05, 0.1) is 0 Å². The van der Waals surface area contributed by atoms with E-state index in [2.05, 4.69) is 23.7 Å². The van der Waals surface area contributed by atoms with E-state index >= 15 is 0 Å². The van der Waals surface area contributed by atoms with Crippen molar-refractivity contribution in [3.63, 3.8) is 0 Å². The lowest BCUT2D eigenvalue weighted by Gasteiger charge is -2.15. The average Bonchev–Trinajstić information content (AvgIpc) is 2.02. The summed E-state index contributed by atoms with van der Waals surface area (Å²) in [5, 5.41) is 18.5. The van der Waals surface area contributed by atoms with Crippen LogP contribution in [0.25, 0.3) is 0 Å². The van der Waals surface area contributed by atoms with Crippen molar-refractivity contribution in [2.24, 2.45) is 0 Å². The van der Waals surface area contributed by atoms with E-state index in [-0.39, 0.29) is 0 Å². The van der Waals surface area contributed by atoms with Crippen LogP contribution in [0.3, 0.4) is 0 Å². The molecule has 0 saturated heterocycles. The Morgan fingerprint density at radius 1 is 1.25 bits per heavy atom. The fourth-order valence-electron chi connectivity index (χ4n) is 0.880. The second-order valence-corrected chi connectivity index (χ2v) is 2.64. The molecule has 0 aromatic rings. The summed E-state index contributed by atoms with van der Waals surface area (Å²) in [5.41, 5.74) is 0. The molecule has 62 valence electrons. The largest absolute Gasteiger partial charge is 0.362 e. The van der Waals surface area contributed by atoms with Crippen LogP contribution in [0.2, 0.25) is 0 Å². The molecule has 0 bridgehead atoms. The smallest absolute Gasteiger partial charge is 0.183 e. The molecule has 1 aliphatic carbocycles. The number of rotatable bonds is 0. The molecule has 0 aliphatic heterocycles. The Hall–Kier alpha value is -1.22. The quantitative estimate of drug-likeness (QED) is 0.400. The second-order valence-electron chi connectivity index (χ2n) is 2.64. The van der Waals surface area contributed by atoms with Crippen LogP contribution in [0.5, 0.6) is 0 Å². The zero-order valence-electron chi connectivity index (χ0n) is 6.67. The summed E-state index contributed by atoms with van der Waals surface area (Å²) >= 11 is 0. The van der Waals surface area contributed by atoms with Crippen molar-refractivity contribution in [3.05, 3.63) is 12.2 Å². The third-order valence-corrected chi connectivity index (χ3v) is 1.50. The molecule has 2 heteroatoms. The lowest BCUT2D eigenvalue weighted by Crippen LogP contribution is -2.24. The zero-order valence-corrected chi connectivity index (χ0v) is 6.67. The maximum atomic E-state index is 9.25. The van der Waals surface area contributed by atoms with Crippen molar-refractivity contribution in [1.29, 1.82) is 0 Å². The molecule has 0 aromatic heterocycles. The van der Waals surface area contributed by atoms with E-state index in [0.717, 1.165) is 0 Å². The van der Waals surface area contributed by atoms with Crippen LogP contribution in [0.1, 0.15) is 19.3 Å². The van der Waals surface area contributed by atoms with Crippen LogP contribution >= 0.6 is 0 Å². The first kappa shape index (κ1) is 8.87. The summed E-state index contributed by atoms with van der Waals surface area (Å²) in [6.45, 7) is 0. The second kappa shape index (κ2) is 3.97. The van der Waals surface area contributed by atoms with E-state index in [1.807, 2.05) is 0 Å². The molecule has 12 heavy (non-hydrogen) atoms. The minimum atomic E-state index is -1.71. The van der Waals surface area contributed by atoms with Gasteiger partial charge in [-0.05, 0) is 30.4 Å². The fraction of sp³-hybridized carbons (Fsp3) is 0.400. The first-order valence-electron chi connectivity index (χ1n) is 3.82. The maximum Gasteiger partial charge on any atom is 0.183 e. The molecule has 0 aromatic carbocycles. The maximum absolute atomic E-state index is 9.25. The molecule has 2 N–H and O–H groups in total. The van der Waals surface area contributed by atoms with Crippen LogP contribution < -0.4 is 0 Å². The van der Waals surface area contributed by atoms with Crippen LogP contribution in [-0.4, -0.2) is 16.0 Å². The molecular formula is C10H10O2. The molecule has 0 amide bonds. The lowest BCUT2D eigenvalue weighted by molar-refractivity contribution is -0.123. The minimum absolute atomic E-state index is 0.305. The van der Waals surface area contributed by atoms with Gasteiger partial charge in [-0.3, -0.25) is 0 Å². The molecule has 0 unspecified atom stereocenters. The summed E-state index contributed by atoms with van der Waals surface area (Å²) in [5.74, 6) is 8.91. The van der Waals surface area contributed by atoms with Gasteiger partial charge in [-0.25, -0.2) is 0 Å². The van der Waals surface area contributed by atoms with Gasteiger partial charge in [-0.1, -0.05) is 11.8 Å². The number of hydrogen-bond acceptors (Lipinski definition) is 2. The normalized spacial score (nSPS) is 19.8. The number of hydrogen-bond donors (Lipinski definition) is 2. The number of allylic oxidation sites excluding steroid dienone is 1. The van der Waals surface area contributed by atoms with Crippen LogP contribution in [-0.2, 0) is 0 Å². The van der Waals surface area contributed by atoms with Gasteiger partial charge in [-0.2, -0.15) is 0 Å². The molecule has 0 fully saturated rings. The van der Waals surface area contributed by atoms with Crippen molar-refractivity contribution in [2.45, 2.75) is 25.0 Å². The minimum Gasteiger partial charge on any atom is -0.362 e. The Morgan fingerprint density at radius 2 is 2.08 bits per heavy atom. The van der Waals surface area contributed by atoms with Gasteiger partial charge in [0.2, 0.25) is 0 Å². The molecule has 0 heterocycles. The Morgan fingerprint density at radius 3 is 2.92 bits per heavy atom. The van der Waals surface area contributed by atoms with E-state index < -0.39 is 5.79 Å². The summed E-state index contributed by atoms with van der Waals surface area (Å²) < 4.78 is 0. The molecule has 0 atom stereocenters. The summed E-state index contributed by atoms with van der Waals surface area (Å²) in [7, 11) is 0. The highest BCUT2D eigenvalue weighted by Crippen LogP contribution is 2.11. The summed E-state index contributed by atoms with van der Waals surface area (Å²) in [4.78, 5) is 0. The van der Waals surface area contributed by atoms with E-state index in [0.29, 0.717) is 19.3 Å². The van der Waals surface area contributed by atoms with Crippen LogP contribution in [0.15, 0.2) is 12.2 Å². The van der Waals surface area contributed by atoms with Crippen molar-refractivity contribution >= 4 is 0 Å². The van der Waals surface area contributed by atoms with Gasteiger partial charge < -0.3 is 10.2 Å². The van der Waals surface area contributed by atoms with Crippen molar-refractivity contribution in [1.82, 2.24) is 0 Å². The van der Waals surface area contributed by atoms with E-state index in [1.165, 1.54) is 12.2 Å².